The van der Waals surface area contributed by atoms with Gasteiger partial charge in [-0.3, -0.25) is 14.5 Å². The molecule has 164 valence electrons. The van der Waals surface area contributed by atoms with Crippen molar-refractivity contribution >= 4 is 23.2 Å². The Morgan fingerprint density at radius 1 is 1.03 bits per heavy atom. The summed E-state index contributed by atoms with van der Waals surface area (Å²) in [5.41, 5.74) is 4.54. The smallest absolute Gasteiger partial charge is 0.251 e. The second-order valence-corrected chi connectivity index (χ2v) is 8.30. The van der Waals surface area contributed by atoms with Gasteiger partial charge in [-0.2, -0.15) is 0 Å². The molecule has 0 atom stereocenters. The molecule has 2 aliphatic heterocycles. The highest BCUT2D eigenvalue weighted by Gasteiger charge is 2.21. The highest BCUT2D eigenvalue weighted by atomic mass is 16.2. The van der Waals surface area contributed by atoms with Crippen LogP contribution in [0.15, 0.2) is 42.5 Å². The van der Waals surface area contributed by atoms with Gasteiger partial charge >= 0.3 is 0 Å². The van der Waals surface area contributed by atoms with Crippen LogP contribution >= 0.6 is 0 Å². The molecule has 0 aromatic heterocycles. The molecule has 2 aromatic carbocycles. The lowest BCUT2D eigenvalue weighted by Crippen LogP contribution is -2.45. The largest absolute Gasteiger partial charge is 0.364 e. The van der Waals surface area contributed by atoms with E-state index in [-0.39, 0.29) is 11.8 Å². The number of rotatable bonds is 6. The number of nitrogens with zero attached hydrogens (tertiary/aromatic N) is 3. The van der Waals surface area contributed by atoms with Crippen LogP contribution in [0.5, 0.6) is 0 Å². The third-order valence-corrected chi connectivity index (χ3v) is 6.19. The fraction of sp³-hybridized carbons (Fsp3) is 0.417. The number of hydrogen-bond donors (Lipinski definition) is 2. The van der Waals surface area contributed by atoms with Gasteiger partial charge in [-0.15, -0.1) is 0 Å². The summed E-state index contributed by atoms with van der Waals surface area (Å²) < 4.78 is 0. The summed E-state index contributed by atoms with van der Waals surface area (Å²) in [5.74, 6) is -0.210. The van der Waals surface area contributed by atoms with E-state index in [1.54, 1.807) is 12.1 Å². The number of anilines is 2. The molecule has 2 aromatic rings. The van der Waals surface area contributed by atoms with Crippen molar-refractivity contribution in [1.82, 2.24) is 15.1 Å². The summed E-state index contributed by atoms with van der Waals surface area (Å²) in [6.07, 6.45) is 0. The lowest BCUT2D eigenvalue weighted by atomic mass is 10.1. The van der Waals surface area contributed by atoms with Gasteiger partial charge in [0.1, 0.15) is 0 Å². The molecule has 4 rings (SSSR count). The van der Waals surface area contributed by atoms with Crippen LogP contribution in [0.2, 0.25) is 0 Å². The predicted molar refractivity (Wildman–Crippen MR) is 123 cm³/mol. The zero-order valence-electron chi connectivity index (χ0n) is 18.4. The van der Waals surface area contributed by atoms with Crippen molar-refractivity contribution in [1.29, 1.82) is 0 Å². The van der Waals surface area contributed by atoms with Gasteiger partial charge in [0.15, 0.2) is 0 Å². The molecule has 7 nitrogen and oxygen atoms in total. The Hall–Kier alpha value is -2.90. The normalized spacial score (nSPS) is 17.2. The highest BCUT2D eigenvalue weighted by molar-refractivity contribution is 6.03. The van der Waals surface area contributed by atoms with E-state index in [0.717, 1.165) is 50.5 Å². The van der Waals surface area contributed by atoms with Crippen LogP contribution in [0.4, 0.5) is 11.4 Å². The summed E-state index contributed by atoms with van der Waals surface area (Å²) in [4.78, 5) is 31.4. The number of benzene rings is 2. The molecule has 31 heavy (non-hydrogen) atoms. The molecule has 2 N–H and O–H groups in total. The quantitative estimate of drug-likeness (QED) is 0.748. The summed E-state index contributed by atoms with van der Waals surface area (Å²) in [6, 6.07) is 13.7. The fourth-order valence-corrected chi connectivity index (χ4v) is 4.27. The molecule has 2 heterocycles. The van der Waals surface area contributed by atoms with Gasteiger partial charge in [0.25, 0.3) is 5.91 Å². The average molecular weight is 422 g/mol. The second-order valence-electron chi connectivity index (χ2n) is 8.30. The van der Waals surface area contributed by atoms with Crippen LogP contribution in [0.25, 0.3) is 0 Å². The van der Waals surface area contributed by atoms with Gasteiger partial charge < -0.3 is 20.4 Å². The number of hydrogen-bond acceptors (Lipinski definition) is 5. The molecule has 0 bridgehead atoms. The number of nitrogens with one attached hydrogen (secondary N) is 2. The maximum Gasteiger partial charge on any atom is 0.251 e. The number of piperazine rings is 1. The number of carbonyl (C=O) groups excluding carboxylic acids is 2. The molecule has 2 aliphatic rings. The molecule has 7 heteroatoms. The van der Waals surface area contributed by atoms with Gasteiger partial charge in [0.05, 0.1) is 17.9 Å². The summed E-state index contributed by atoms with van der Waals surface area (Å²) in [5, 5.41) is 5.90. The number of carbonyl (C=O) groups is 2. The Morgan fingerprint density at radius 3 is 2.48 bits per heavy atom. The Labute approximate surface area is 184 Å². The number of fused-ring (bicyclic) bond motifs is 1. The van der Waals surface area contributed by atoms with Crippen LogP contribution < -0.4 is 15.5 Å². The molecule has 1 saturated heterocycles. The third-order valence-electron chi connectivity index (χ3n) is 6.19. The number of likely N-dealkylation sites (N-methyl/N-ethyl adjacent to an activating group) is 2. The lowest BCUT2D eigenvalue weighted by Gasteiger charge is -2.34. The van der Waals surface area contributed by atoms with Gasteiger partial charge in [-0.25, -0.2) is 0 Å². The van der Waals surface area contributed by atoms with Crippen LogP contribution in [0.1, 0.15) is 28.4 Å². The van der Waals surface area contributed by atoms with Gasteiger partial charge in [-0.1, -0.05) is 31.2 Å². The topological polar surface area (TPSA) is 67.9 Å². The highest BCUT2D eigenvalue weighted by Crippen LogP contribution is 2.29. The summed E-state index contributed by atoms with van der Waals surface area (Å²) in [7, 11) is 1.87. The van der Waals surface area contributed by atoms with E-state index < -0.39 is 0 Å². The predicted octanol–water partition coefficient (Wildman–Crippen LogP) is 2.14. The van der Waals surface area contributed by atoms with Gasteiger partial charge in [0, 0.05) is 51.9 Å². The first-order chi connectivity index (χ1) is 15.0. The zero-order valence-corrected chi connectivity index (χ0v) is 18.4. The average Bonchev–Trinajstić information content (AvgIpc) is 2.78. The summed E-state index contributed by atoms with van der Waals surface area (Å²) >= 11 is 0. The van der Waals surface area contributed by atoms with Crippen molar-refractivity contribution in [3.63, 3.8) is 0 Å². The van der Waals surface area contributed by atoms with E-state index in [0.29, 0.717) is 24.3 Å². The minimum Gasteiger partial charge on any atom is -0.364 e. The SMILES string of the molecule is CCN1CCN(Cc2ccccc2CNC(=O)c2ccc3c(c2)NC(=O)CN3C)CC1. The fourth-order valence-electron chi connectivity index (χ4n) is 4.27. The molecule has 0 aliphatic carbocycles. The van der Waals surface area contributed by atoms with E-state index in [4.69, 9.17) is 0 Å². The Kier molecular flexibility index (Phi) is 6.53. The van der Waals surface area contributed by atoms with E-state index in [9.17, 15) is 9.59 Å². The second kappa shape index (κ2) is 9.49. The van der Waals surface area contributed by atoms with Crippen LogP contribution in [0.3, 0.4) is 0 Å². The molecule has 0 saturated carbocycles. The summed E-state index contributed by atoms with van der Waals surface area (Å²) in [6.45, 7) is 9.39. The Balaban J connectivity index is 1.39. The van der Waals surface area contributed by atoms with Crippen molar-refractivity contribution in [2.45, 2.75) is 20.0 Å². The van der Waals surface area contributed by atoms with Crippen LogP contribution in [-0.2, 0) is 17.9 Å². The minimum atomic E-state index is -0.142. The van der Waals surface area contributed by atoms with Crippen LogP contribution in [0, 0.1) is 0 Å². The first kappa shape index (κ1) is 21.3. The van der Waals surface area contributed by atoms with Gasteiger partial charge in [0.2, 0.25) is 5.91 Å². The van der Waals surface area contributed by atoms with Crippen molar-refractivity contribution in [3.8, 4) is 0 Å². The monoisotopic (exact) mass is 421 g/mol. The zero-order chi connectivity index (χ0) is 21.8. The van der Waals surface area contributed by atoms with Crippen molar-refractivity contribution < 1.29 is 9.59 Å². The lowest BCUT2D eigenvalue weighted by molar-refractivity contribution is -0.115. The molecule has 1 fully saturated rings. The van der Waals surface area contributed by atoms with Crippen molar-refractivity contribution in [2.75, 3.05) is 56.5 Å². The van der Waals surface area contributed by atoms with Gasteiger partial charge in [-0.05, 0) is 35.9 Å². The minimum absolute atomic E-state index is 0.0683. The third kappa shape index (κ3) is 5.06. The van der Waals surface area contributed by atoms with Crippen LogP contribution in [-0.4, -0.2) is 67.9 Å². The molecular weight excluding hydrogens is 390 g/mol. The van der Waals surface area contributed by atoms with E-state index in [2.05, 4.69) is 45.6 Å². The molecule has 0 unspecified atom stereocenters. The van der Waals surface area contributed by atoms with E-state index in [1.807, 2.05) is 24.1 Å². The first-order valence-corrected chi connectivity index (χ1v) is 11.0. The molecule has 2 amide bonds. The Morgan fingerprint density at radius 2 is 1.74 bits per heavy atom. The molecule has 0 radical (unpaired) electrons. The maximum atomic E-state index is 12.8. The number of amides is 2. The van der Waals surface area contributed by atoms with Crippen molar-refractivity contribution in [2.24, 2.45) is 0 Å². The standard InChI is InChI=1S/C24H31N5O2/c1-3-28-10-12-29(13-11-28)16-20-7-5-4-6-19(20)15-25-24(31)18-8-9-22-21(14-18)26-23(30)17-27(22)2/h4-9,14H,3,10-13,15-17H2,1-2H3,(H,25,31)(H,26,30). The van der Waals surface area contributed by atoms with E-state index >= 15 is 0 Å². The van der Waals surface area contributed by atoms with E-state index in [1.165, 1.54) is 5.56 Å². The molecular formula is C24H31N5O2. The van der Waals surface area contributed by atoms with Crippen molar-refractivity contribution in [3.05, 3.63) is 59.2 Å². The Bertz CT molecular complexity index is 953. The maximum absolute atomic E-state index is 12.8. The molecule has 0 spiro atoms. The first-order valence-electron chi connectivity index (χ1n) is 11.0.